The summed E-state index contributed by atoms with van der Waals surface area (Å²) in [5.74, 6) is 1.05. The van der Waals surface area contributed by atoms with Crippen molar-refractivity contribution in [2.75, 3.05) is 18.9 Å². The SMILES string of the molecule is O=COCC1CCCN1C(=O)CCCCC(S)CCS. The molecule has 1 amide bonds. The average Bonchev–Trinajstić information content (AvgIpc) is 2.90. The molecule has 1 aliphatic heterocycles. The minimum atomic E-state index is 0.0782. The first kappa shape index (κ1) is 17.7. The molecular weight excluding hydrogens is 294 g/mol. The highest BCUT2D eigenvalue weighted by Gasteiger charge is 2.28. The summed E-state index contributed by atoms with van der Waals surface area (Å²) in [5.41, 5.74) is 0. The summed E-state index contributed by atoms with van der Waals surface area (Å²) in [6, 6.07) is 0.0782. The van der Waals surface area contributed by atoms with E-state index < -0.39 is 0 Å². The maximum atomic E-state index is 12.1. The van der Waals surface area contributed by atoms with Gasteiger partial charge in [0.2, 0.25) is 5.91 Å². The zero-order valence-electron chi connectivity index (χ0n) is 11.9. The number of carbonyl (C=O) groups is 2. The number of hydrogen-bond donors (Lipinski definition) is 2. The summed E-state index contributed by atoms with van der Waals surface area (Å²) in [6.45, 7) is 1.58. The Morgan fingerprint density at radius 2 is 2.20 bits per heavy atom. The van der Waals surface area contributed by atoms with Crippen LogP contribution < -0.4 is 0 Å². The van der Waals surface area contributed by atoms with Crippen molar-refractivity contribution in [3.05, 3.63) is 0 Å². The Balaban J connectivity index is 2.19. The molecule has 0 N–H and O–H groups in total. The number of nitrogens with zero attached hydrogens (tertiary/aromatic N) is 1. The molecule has 0 aromatic heterocycles. The molecule has 6 heteroatoms. The van der Waals surface area contributed by atoms with E-state index in [1.165, 1.54) is 0 Å². The molecule has 2 atom stereocenters. The van der Waals surface area contributed by atoms with Crippen molar-refractivity contribution in [3.63, 3.8) is 0 Å². The topological polar surface area (TPSA) is 46.6 Å². The predicted molar refractivity (Wildman–Crippen MR) is 86.5 cm³/mol. The van der Waals surface area contributed by atoms with Gasteiger partial charge in [-0.2, -0.15) is 25.3 Å². The van der Waals surface area contributed by atoms with Gasteiger partial charge in [-0.15, -0.1) is 0 Å². The second-order valence-electron chi connectivity index (χ2n) is 5.22. The summed E-state index contributed by atoms with van der Waals surface area (Å²) in [5, 5.41) is 0.392. The lowest BCUT2D eigenvalue weighted by Crippen LogP contribution is -2.38. The molecule has 1 rings (SSSR count). The predicted octanol–water partition coefficient (Wildman–Crippen LogP) is 2.33. The highest BCUT2D eigenvalue weighted by molar-refractivity contribution is 7.81. The lowest BCUT2D eigenvalue weighted by molar-refractivity contribution is -0.137. The van der Waals surface area contributed by atoms with E-state index in [9.17, 15) is 9.59 Å². The van der Waals surface area contributed by atoms with Crippen molar-refractivity contribution in [1.29, 1.82) is 0 Å². The Labute approximate surface area is 132 Å². The van der Waals surface area contributed by atoms with Gasteiger partial charge in [0, 0.05) is 18.2 Å². The molecule has 1 aliphatic rings. The second-order valence-corrected chi connectivity index (χ2v) is 6.40. The Bertz CT molecular complexity index is 302. The molecule has 0 aromatic carbocycles. The van der Waals surface area contributed by atoms with Gasteiger partial charge in [-0.1, -0.05) is 6.42 Å². The first-order valence-corrected chi connectivity index (χ1v) is 8.47. The zero-order valence-corrected chi connectivity index (χ0v) is 13.7. The van der Waals surface area contributed by atoms with Gasteiger partial charge < -0.3 is 9.64 Å². The monoisotopic (exact) mass is 319 g/mol. The number of amides is 1. The number of likely N-dealkylation sites (tertiary alicyclic amines) is 1. The fourth-order valence-electron chi connectivity index (χ4n) is 2.58. The van der Waals surface area contributed by atoms with Gasteiger partial charge in [-0.3, -0.25) is 9.59 Å². The van der Waals surface area contributed by atoms with Gasteiger partial charge in [-0.25, -0.2) is 0 Å². The van der Waals surface area contributed by atoms with E-state index >= 15 is 0 Å². The van der Waals surface area contributed by atoms with Gasteiger partial charge in [0.1, 0.15) is 6.61 Å². The third-order valence-corrected chi connectivity index (χ3v) is 4.47. The minimum absolute atomic E-state index is 0.0782. The second kappa shape index (κ2) is 10.4. The number of hydrogen-bond acceptors (Lipinski definition) is 5. The molecule has 116 valence electrons. The molecule has 0 aliphatic carbocycles. The molecule has 4 nitrogen and oxygen atoms in total. The average molecular weight is 319 g/mol. The lowest BCUT2D eigenvalue weighted by Gasteiger charge is -2.24. The molecule has 1 saturated heterocycles. The van der Waals surface area contributed by atoms with Gasteiger partial charge in [0.15, 0.2) is 0 Å². The Kier molecular flexibility index (Phi) is 9.18. The van der Waals surface area contributed by atoms with Crippen LogP contribution in [0.4, 0.5) is 0 Å². The minimum Gasteiger partial charge on any atom is -0.466 e. The quantitative estimate of drug-likeness (QED) is 0.369. The van der Waals surface area contributed by atoms with Gasteiger partial charge in [-0.05, 0) is 37.9 Å². The van der Waals surface area contributed by atoms with Crippen LogP contribution >= 0.6 is 25.3 Å². The Morgan fingerprint density at radius 3 is 2.90 bits per heavy atom. The zero-order chi connectivity index (χ0) is 14.8. The van der Waals surface area contributed by atoms with Crippen LogP contribution in [0.2, 0.25) is 0 Å². The van der Waals surface area contributed by atoms with Crippen LogP contribution in [0.15, 0.2) is 0 Å². The fourth-order valence-corrected chi connectivity index (χ4v) is 3.41. The van der Waals surface area contributed by atoms with Gasteiger partial charge >= 0.3 is 0 Å². The number of rotatable bonds is 10. The van der Waals surface area contributed by atoms with Gasteiger partial charge in [0.05, 0.1) is 6.04 Å². The summed E-state index contributed by atoms with van der Waals surface area (Å²) in [6.07, 6.45) is 6.49. The van der Waals surface area contributed by atoms with Crippen LogP contribution in [-0.2, 0) is 14.3 Å². The summed E-state index contributed by atoms with van der Waals surface area (Å²) in [7, 11) is 0. The molecule has 0 bridgehead atoms. The molecule has 0 saturated carbocycles. The van der Waals surface area contributed by atoms with Crippen molar-refractivity contribution >= 4 is 37.6 Å². The first-order chi connectivity index (χ1) is 9.69. The van der Waals surface area contributed by atoms with Crippen LogP contribution in [0.25, 0.3) is 0 Å². The smallest absolute Gasteiger partial charge is 0.293 e. The van der Waals surface area contributed by atoms with Gasteiger partial charge in [0.25, 0.3) is 6.47 Å². The van der Waals surface area contributed by atoms with Crippen molar-refractivity contribution in [2.24, 2.45) is 0 Å². The van der Waals surface area contributed by atoms with Crippen LogP contribution in [-0.4, -0.2) is 47.5 Å². The van der Waals surface area contributed by atoms with Crippen LogP contribution in [0.5, 0.6) is 0 Å². The molecule has 0 radical (unpaired) electrons. The van der Waals surface area contributed by atoms with E-state index in [0.29, 0.717) is 24.7 Å². The van der Waals surface area contributed by atoms with E-state index in [1.807, 2.05) is 4.90 Å². The summed E-state index contributed by atoms with van der Waals surface area (Å²) >= 11 is 8.67. The van der Waals surface area contributed by atoms with Crippen LogP contribution in [0.1, 0.15) is 44.9 Å². The fraction of sp³-hybridized carbons (Fsp3) is 0.857. The molecule has 1 heterocycles. The molecule has 0 spiro atoms. The molecule has 20 heavy (non-hydrogen) atoms. The lowest BCUT2D eigenvalue weighted by atomic mass is 10.1. The molecule has 1 fully saturated rings. The van der Waals surface area contributed by atoms with Crippen molar-refractivity contribution < 1.29 is 14.3 Å². The summed E-state index contributed by atoms with van der Waals surface area (Å²) < 4.78 is 4.79. The van der Waals surface area contributed by atoms with Crippen LogP contribution in [0.3, 0.4) is 0 Å². The first-order valence-electron chi connectivity index (χ1n) is 7.32. The molecule has 2 unspecified atom stereocenters. The number of carbonyl (C=O) groups excluding carboxylic acids is 2. The highest BCUT2D eigenvalue weighted by Crippen LogP contribution is 2.20. The molecule has 0 aromatic rings. The molecular formula is C14H25NO3S2. The largest absolute Gasteiger partial charge is 0.466 e. The van der Waals surface area contributed by atoms with E-state index in [4.69, 9.17) is 4.74 Å². The number of unbranched alkanes of at least 4 members (excludes halogenated alkanes) is 1. The number of ether oxygens (including phenoxy) is 1. The Morgan fingerprint density at radius 1 is 1.40 bits per heavy atom. The number of thiol groups is 2. The summed E-state index contributed by atoms with van der Waals surface area (Å²) in [4.78, 5) is 24.2. The van der Waals surface area contributed by atoms with Crippen molar-refractivity contribution in [1.82, 2.24) is 4.90 Å². The van der Waals surface area contributed by atoms with Crippen molar-refractivity contribution in [3.8, 4) is 0 Å². The van der Waals surface area contributed by atoms with E-state index in [1.54, 1.807) is 0 Å². The maximum absolute atomic E-state index is 12.1. The van der Waals surface area contributed by atoms with Crippen molar-refractivity contribution in [2.45, 2.75) is 56.2 Å². The van der Waals surface area contributed by atoms with E-state index in [-0.39, 0.29) is 11.9 Å². The van der Waals surface area contributed by atoms with E-state index in [0.717, 1.165) is 50.8 Å². The third kappa shape index (κ3) is 6.39. The third-order valence-electron chi connectivity index (χ3n) is 3.69. The standard InChI is InChI=1S/C14H25NO3S2/c16-11-18-10-12-4-3-8-15(12)14(17)6-2-1-5-13(20)7-9-19/h11-13,19-20H,1-10H2. The van der Waals surface area contributed by atoms with Crippen LogP contribution in [0, 0.1) is 0 Å². The maximum Gasteiger partial charge on any atom is 0.293 e. The Hall–Kier alpha value is -0.360. The van der Waals surface area contributed by atoms with E-state index in [2.05, 4.69) is 25.3 Å². The highest BCUT2D eigenvalue weighted by atomic mass is 32.1. The normalized spacial score (nSPS) is 19.9.